The SMILES string of the molecule is C=N/C(=C\n1c(C)nnc1C(F)F)c1ccc(OC(F)F)cc1. The van der Waals surface area contributed by atoms with Gasteiger partial charge in [-0.2, -0.15) is 8.78 Å². The number of benzene rings is 1. The Morgan fingerprint density at radius 3 is 2.39 bits per heavy atom. The number of aryl methyl sites for hydroxylation is 1. The molecule has 9 heteroatoms. The van der Waals surface area contributed by atoms with E-state index in [9.17, 15) is 17.6 Å². The first kappa shape index (κ1) is 16.7. The van der Waals surface area contributed by atoms with Gasteiger partial charge in [0.05, 0.1) is 5.70 Å². The first-order valence-corrected chi connectivity index (χ1v) is 6.35. The fraction of sp³-hybridized carbons (Fsp3) is 0.214. The highest BCUT2D eigenvalue weighted by molar-refractivity contribution is 5.77. The Morgan fingerprint density at radius 2 is 1.87 bits per heavy atom. The summed E-state index contributed by atoms with van der Waals surface area (Å²) in [6.07, 6.45) is -1.51. The third-order valence-corrected chi connectivity index (χ3v) is 2.88. The van der Waals surface area contributed by atoms with E-state index in [0.29, 0.717) is 5.56 Å². The van der Waals surface area contributed by atoms with Crippen molar-refractivity contribution in [1.82, 2.24) is 14.8 Å². The zero-order valence-corrected chi connectivity index (χ0v) is 12.0. The van der Waals surface area contributed by atoms with E-state index in [0.717, 1.165) is 4.57 Å². The van der Waals surface area contributed by atoms with Gasteiger partial charge >= 0.3 is 6.61 Å². The number of aliphatic imine (C=N–C) groups is 1. The smallest absolute Gasteiger partial charge is 0.387 e. The molecule has 1 aromatic heterocycles. The summed E-state index contributed by atoms with van der Waals surface area (Å²) in [6, 6.07) is 5.54. The van der Waals surface area contributed by atoms with Gasteiger partial charge in [0.15, 0.2) is 0 Å². The summed E-state index contributed by atoms with van der Waals surface area (Å²) in [5.74, 6) is -0.304. The van der Waals surface area contributed by atoms with Crippen molar-refractivity contribution in [2.24, 2.45) is 4.99 Å². The van der Waals surface area contributed by atoms with Crippen LogP contribution in [0.2, 0.25) is 0 Å². The van der Waals surface area contributed by atoms with Gasteiger partial charge in [-0.1, -0.05) is 0 Å². The molecule has 0 saturated heterocycles. The zero-order chi connectivity index (χ0) is 17.0. The van der Waals surface area contributed by atoms with E-state index in [1.165, 1.54) is 37.4 Å². The molecule has 0 unspecified atom stereocenters. The maximum absolute atomic E-state index is 12.9. The minimum atomic E-state index is -2.93. The van der Waals surface area contributed by atoms with Crippen molar-refractivity contribution in [2.45, 2.75) is 20.0 Å². The van der Waals surface area contributed by atoms with Gasteiger partial charge in [-0.25, -0.2) is 8.78 Å². The second kappa shape index (κ2) is 7.03. The third-order valence-electron chi connectivity index (χ3n) is 2.88. The molecule has 0 radical (unpaired) electrons. The zero-order valence-electron chi connectivity index (χ0n) is 12.0. The normalized spacial score (nSPS) is 12.0. The summed E-state index contributed by atoms with van der Waals surface area (Å²) >= 11 is 0. The molecule has 122 valence electrons. The number of halogens is 4. The van der Waals surface area contributed by atoms with E-state index < -0.39 is 18.9 Å². The van der Waals surface area contributed by atoms with E-state index in [-0.39, 0.29) is 17.3 Å². The Labute approximate surface area is 128 Å². The minimum Gasteiger partial charge on any atom is -0.435 e. The fourth-order valence-electron chi connectivity index (χ4n) is 1.83. The summed E-state index contributed by atoms with van der Waals surface area (Å²) in [4.78, 5) is 3.77. The molecule has 23 heavy (non-hydrogen) atoms. The van der Waals surface area contributed by atoms with Crippen molar-refractivity contribution in [1.29, 1.82) is 0 Å². The van der Waals surface area contributed by atoms with Gasteiger partial charge in [0.2, 0.25) is 5.82 Å². The maximum Gasteiger partial charge on any atom is 0.387 e. The Kier molecular flexibility index (Phi) is 5.09. The largest absolute Gasteiger partial charge is 0.435 e. The van der Waals surface area contributed by atoms with Gasteiger partial charge in [-0.15, -0.1) is 10.2 Å². The van der Waals surface area contributed by atoms with Crippen molar-refractivity contribution in [3.05, 3.63) is 41.5 Å². The average molecular weight is 328 g/mol. The molecule has 0 saturated carbocycles. The Morgan fingerprint density at radius 1 is 1.22 bits per heavy atom. The van der Waals surface area contributed by atoms with E-state index in [4.69, 9.17) is 0 Å². The summed E-state index contributed by atoms with van der Waals surface area (Å²) in [5.41, 5.74) is 0.730. The number of alkyl halides is 4. The standard InChI is InChI=1S/C14H12F4N4O/c1-8-20-21-13(12(15)16)22(8)7-11(19-2)9-3-5-10(6-4-9)23-14(17)18/h3-7,12,14H,2H2,1H3/b11-7-. The van der Waals surface area contributed by atoms with Gasteiger partial charge in [0.25, 0.3) is 6.43 Å². The Hall–Kier alpha value is -2.71. The highest BCUT2D eigenvalue weighted by Gasteiger charge is 2.17. The van der Waals surface area contributed by atoms with Crippen LogP contribution >= 0.6 is 0 Å². The number of rotatable bonds is 6. The molecular formula is C14H12F4N4O. The second-order valence-electron chi connectivity index (χ2n) is 4.35. The summed E-state index contributed by atoms with van der Waals surface area (Å²) in [6.45, 7) is 1.96. The summed E-state index contributed by atoms with van der Waals surface area (Å²) in [7, 11) is 0. The van der Waals surface area contributed by atoms with Crippen LogP contribution in [0.1, 0.15) is 23.6 Å². The van der Waals surface area contributed by atoms with Crippen LogP contribution in [-0.2, 0) is 0 Å². The maximum atomic E-state index is 12.9. The minimum absolute atomic E-state index is 0.0269. The van der Waals surface area contributed by atoms with Crippen LogP contribution in [0.15, 0.2) is 29.3 Å². The third kappa shape index (κ3) is 3.93. The molecule has 0 aliphatic carbocycles. The number of ether oxygens (including phenoxy) is 1. The highest BCUT2D eigenvalue weighted by Crippen LogP contribution is 2.24. The van der Waals surface area contributed by atoms with Crippen molar-refractivity contribution in [3.63, 3.8) is 0 Å². The van der Waals surface area contributed by atoms with Crippen LogP contribution in [0.4, 0.5) is 17.6 Å². The molecule has 1 heterocycles. The topological polar surface area (TPSA) is 52.3 Å². The molecule has 0 aliphatic heterocycles. The van der Waals surface area contributed by atoms with Crippen LogP contribution in [-0.4, -0.2) is 28.1 Å². The van der Waals surface area contributed by atoms with E-state index in [1.807, 2.05) is 0 Å². The molecular weight excluding hydrogens is 316 g/mol. The lowest BCUT2D eigenvalue weighted by atomic mass is 10.1. The Bertz CT molecular complexity index is 710. The van der Waals surface area contributed by atoms with Crippen LogP contribution < -0.4 is 4.74 Å². The lowest BCUT2D eigenvalue weighted by molar-refractivity contribution is -0.0498. The number of nitrogens with zero attached hydrogens (tertiary/aromatic N) is 4. The summed E-state index contributed by atoms with van der Waals surface area (Å²) in [5, 5.41) is 6.98. The van der Waals surface area contributed by atoms with E-state index >= 15 is 0 Å². The van der Waals surface area contributed by atoms with Crippen LogP contribution in [0.5, 0.6) is 5.75 Å². The molecule has 0 amide bonds. The van der Waals surface area contributed by atoms with Crippen molar-refractivity contribution in [3.8, 4) is 5.75 Å². The number of aromatic nitrogens is 3. The van der Waals surface area contributed by atoms with Gasteiger partial charge in [0.1, 0.15) is 11.6 Å². The number of hydrogen-bond acceptors (Lipinski definition) is 4. The molecule has 1 aromatic carbocycles. The quantitative estimate of drug-likeness (QED) is 0.599. The molecule has 0 fully saturated rings. The van der Waals surface area contributed by atoms with Crippen LogP contribution in [0, 0.1) is 6.92 Å². The monoisotopic (exact) mass is 328 g/mol. The van der Waals surface area contributed by atoms with Gasteiger partial charge in [-0.05, 0) is 37.9 Å². The van der Waals surface area contributed by atoms with Crippen LogP contribution in [0.25, 0.3) is 11.9 Å². The highest BCUT2D eigenvalue weighted by atomic mass is 19.3. The molecule has 0 bridgehead atoms. The summed E-state index contributed by atoms with van der Waals surface area (Å²) < 4.78 is 55.3. The van der Waals surface area contributed by atoms with Crippen molar-refractivity contribution in [2.75, 3.05) is 0 Å². The fourth-order valence-corrected chi connectivity index (χ4v) is 1.83. The Balaban J connectivity index is 2.36. The predicted octanol–water partition coefficient (Wildman–Crippen LogP) is 3.78. The lowest BCUT2D eigenvalue weighted by Crippen LogP contribution is -2.02. The molecule has 0 atom stereocenters. The van der Waals surface area contributed by atoms with Gasteiger partial charge in [-0.3, -0.25) is 9.56 Å². The second-order valence-corrected chi connectivity index (χ2v) is 4.35. The van der Waals surface area contributed by atoms with E-state index in [2.05, 4.69) is 26.6 Å². The van der Waals surface area contributed by atoms with E-state index in [1.54, 1.807) is 0 Å². The molecule has 0 spiro atoms. The molecule has 2 aromatic rings. The number of hydrogen-bond donors (Lipinski definition) is 0. The van der Waals surface area contributed by atoms with Gasteiger partial charge in [0, 0.05) is 11.8 Å². The molecule has 2 rings (SSSR count). The molecule has 5 nitrogen and oxygen atoms in total. The average Bonchev–Trinajstić information content (AvgIpc) is 2.86. The van der Waals surface area contributed by atoms with Crippen molar-refractivity contribution < 1.29 is 22.3 Å². The predicted molar refractivity (Wildman–Crippen MR) is 76.5 cm³/mol. The van der Waals surface area contributed by atoms with Crippen LogP contribution in [0.3, 0.4) is 0 Å². The van der Waals surface area contributed by atoms with Crippen molar-refractivity contribution >= 4 is 18.6 Å². The molecule has 0 N–H and O–H groups in total. The lowest BCUT2D eigenvalue weighted by Gasteiger charge is -2.08. The first-order valence-electron chi connectivity index (χ1n) is 6.35. The molecule has 0 aliphatic rings. The van der Waals surface area contributed by atoms with Gasteiger partial charge < -0.3 is 4.74 Å². The first-order chi connectivity index (χ1) is 10.9.